The maximum absolute atomic E-state index is 13.9. The number of carbonyl (C=O) groups is 2. The van der Waals surface area contributed by atoms with Crippen LogP contribution in [0.5, 0.6) is 11.5 Å². The number of nitrogens with one attached hydrogen (secondary N) is 1. The van der Waals surface area contributed by atoms with Crippen LogP contribution >= 0.6 is 0 Å². The molecule has 1 aliphatic carbocycles. The van der Waals surface area contributed by atoms with Gasteiger partial charge in [0.2, 0.25) is 18.5 Å². The lowest BCUT2D eigenvalue weighted by atomic mass is 10.1. The van der Waals surface area contributed by atoms with E-state index in [1.165, 1.54) is 16.0 Å². The number of hydrogen-bond donors (Lipinski definition) is 1. The minimum absolute atomic E-state index is 0.0637. The number of benzene rings is 1. The van der Waals surface area contributed by atoms with Crippen molar-refractivity contribution in [3.05, 3.63) is 65.8 Å². The third-order valence-corrected chi connectivity index (χ3v) is 6.87. The fourth-order valence-electron chi connectivity index (χ4n) is 4.96. The number of aryl methyl sites for hydroxylation is 1. The van der Waals surface area contributed by atoms with Crippen molar-refractivity contribution in [1.29, 1.82) is 0 Å². The van der Waals surface area contributed by atoms with Gasteiger partial charge in [-0.1, -0.05) is 18.9 Å². The molecule has 39 heavy (non-hydrogen) atoms. The summed E-state index contributed by atoms with van der Waals surface area (Å²) in [6, 6.07) is 11.4. The highest BCUT2D eigenvalue weighted by atomic mass is 16.7. The zero-order chi connectivity index (χ0) is 26.8. The lowest BCUT2D eigenvalue weighted by molar-refractivity contribution is -0.143. The monoisotopic (exact) mass is 532 g/mol. The first-order valence-corrected chi connectivity index (χ1v) is 12.9. The van der Waals surface area contributed by atoms with Gasteiger partial charge in [-0.05, 0) is 66.9 Å². The lowest BCUT2D eigenvalue weighted by Gasteiger charge is -2.30. The van der Waals surface area contributed by atoms with Crippen LogP contribution in [0, 0.1) is 6.92 Å². The van der Waals surface area contributed by atoms with E-state index in [1.807, 2.05) is 19.1 Å². The van der Waals surface area contributed by atoms with Gasteiger partial charge in [0.15, 0.2) is 23.3 Å². The molecule has 0 radical (unpaired) electrons. The molecule has 1 aliphatic heterocycles. The standard InChI is InChI=1S/C27H28N6O6/c1-17-8-10-22(39-17)26-29-31-33(30-26)15-24(34)32(14-18-9-11-20-23(13-18)38-16-37-20)25(21-7-4-12-36-21)27(35)28-19-5-2-3-6-19/h4,7-13,19,25H,2-3,5-6,14-16H2,1H3,(H,28,35)/t25-/m0/s1. The molecule has 1 aromatic carbocycles. The maximum Gasteiger partial charge on any atom is 0.250 e. The SMILES string of the molecule is Cc1ccc(-c2nnn(CC(=O)N(Cc3ccc4c(c3)OCO4)[C@H](C(=O)NC3CCCC3)c3ccco3)n2)o1. The van der Waals surface area contributed by atoms with Crippen molar-refractivity contribution in [3.8, 4) is 23.1 Å². The third-order valence-electron chi connectivity index (χ3n) is 6.87. The second kappa shape index (κ2) is 10.6. The van der Waals surface area contributed by atoms with Gasteiger partial charge < -0.3 is 28.5 Å². The fraction of sp³-hybridized carbons (Fsp3) is 0.370. The molecule has 1 saturated carbocycles. The Labute approximate surface area is 223 Å². The van der Waals surface area contributed by atoms with Gasteiger partial charge in [-0.2, -0.15) is 4.80 Å². The molecule has 202 valence electrons. The van der Waals surface area contributed by atoms with E-state index in [-0.39, 0.29) is 37.7 Å². The zero-order valence-electron chi connectivity index (χ0n) is 21.4. The molecule has 1 N–H and O–H groups in total. The van der Waals surface area contributed by atoms with Crippen LogP contribution in [0.4, 0.5) is 0 Å². The number of aromatic nitrogens is 4. The van der Waals surface area contributed by atoms with Crippen LogP contribution in [-0.2, 0) is 22.7 Å². The van der Waals surface area contributed by atoms with E-state index in [2.05, 4.69) is 20.7 Å². The van der Waals surface area contributed by atoms with Gasteiger partial charge in [0.25, 0.3) is 5.91 Å². The molecule has 3 aromatic heterocycles. The number of ether oxygens (including phenoxy) is 2. The van der Waals surface area contributed by atoms with Crippen molar-refractivity contribution in [2.24, 2.45) is 0 Å². The van der Waals surface area contributed by atoms with E-state index >= 15 is 0 Å². The predicted molar refractivity (Wildman–Crippen MR) is 135 cm³/mol. The molecule has 1 fully saturated rings. The molecular weight excluding hydrogens is 504 g/mol. The molecule has 0 saturated heterocycles. The Bertz CT molecular complexity index is 1460. The van der Waals surface area contributed by atoms with Crippen molar-refractivity contribution in [1.82, 2.24) is 30.4 Å². The topological polar surface area (TPSA) is 138 Å². The number of hydrogen-bond acceptors (Lipinski definition) is 9. The number of fused-ring (bicyclic) bond motifs is 1. The smallest absolute Gasteiger partial charge is 0.250 e. The highest BCUT2D eigenvalue weighted by Gasteiger charge is 2.36. The second-order valence-corrected chi connectivity index (χ2v) is 9.67. The molecule has 4 heterocycles. The lowest BCUT2D eigenvalue weighted by Crippen LogP contribution is -2.46. The molecule has 12 heteroatoms. The molecule has 12 nitrogen and oxygen atoms in total. The van der Waals surface area contributed by atoms with Crippen LogP contribution in [0.25, 0.3) is 11.6 Å². The Hall–Kier alpha value is -4.61. The summed E-state index contributed by atoms with van der Waals surface area (Å²) in [5.74, 6) is 2.30. The molecule has 1 atom stereocenters. The first-order valence-electron chi connectivity index (χ1n) is 12.9. The first kappa shape index (κ1) is 24.7. The van der Waals surface area contributed by atoms with E-state index in [1.54, 1.807) is 30.3 Å². The summed E-state index contributed by atoms with van der Waals surface area (Å²) in [6.45, 7) is 1.82. The van der Waals surface area contributed by atoms with Crippen LogP contribution in [0.1, 0.15) is 48.8 Å². The number of tetrazole rings is 1. The summed E-state index contributed by atoms with van der Waals surface area (Å²) in [7, 11) is 0. The summed E-state index contributed by atoms with van der Waals surface area (Å²) in [6.07, 6.45) is 5.43. The Morgan fingerprint density at radius 1 is 1.13 bits per heavy atom. The second-order valence-electron chi connectivity index (χ2n) is 9.67. The van der Waals surface area contributed by atoms with E-state index in [4.69, 9.17) is 18.3 Å². The third kappa shape index (κ3) is 5.35. The van der Waals surface area contributed by atoms with Gasteiger partial charge in [0.1, 0.15) is 18.1 Å². The summed E-state index contributed by atoms with van der Waals surface area (Å²) in [5, 5.41) is 15.5. The minimum Gasteiger partial charge on any atom is -0.467 e. The maximum atomic E-state index is 13.9. The molecule has 0 unspecified atom stereocenters. The summed E-state index contributed by atoms with van der Waals surface area (Å²) in [5.41, 5.74) is 0.760. The molecule has 2 amide bonds. The van der Waals surface area contributed by atoms with Crippen molar-refractivity contribution in [2.75, 3.05) is 6.79 Å². The number of rotatable bonds is 9. The summed E-state index contributed by atoms with van der Waals surface area (Å²) < 4.78 is 22.2. The van der Waals surface area contributed by atoms with Crippen LogP contribution in [0.15, 0.2) is 57.6 Å². The summed E-state index contributed by atoms with van der Waals surface area (Å²) in [4.78, 5) is 30.2. The van der Waals surface area contributed by atoms with E-state index in [0.717, 1.165) is 31.2 Å². The van der Waals surface area contributed by atoms with Gasteiger partial charge in [-0.3, -0.25) is 9.59 Å². The minimum atomic E-state index is -1.01. The quantitative estimate of drug-likeness (QED) is 0.344. The van der Waals surface area contributed by atoms with Crippen molar-refractivity contribution < 1.29 is 27.9 Å². The largest absolute Gasteiger partial charge is 0.467 e. The number of furan rings is 2. The highest BCUT2D eigenvalue weighted by molar-refractivity contribution is 5.88. The summed E-state index contributed by atoms with van der Waals surface area (Å²) >= 11 is 0. The molecule has 4 aromatic rings. The fourth-order valence-corrected chi connectivity index (χ4v) is 4.96. The predicted octanol–water partition coefficient (Wildman–Crippen LogP) is 3.39. The molecular formula is C27H28N6O6. The number of nitrogens with zero attached hydrogens (tertiary/aromatic N) is 5. The van der Waals surface area contributed by atoms with Gasteiger partial charge in [0, 0.05) is 12.6 Å². The van der Waals surface area contributed by atoms with Crippen molar-refractivity contribution >= 4 is 11.8 Å². The Morgan fingerprint density at radius 2 is 1.97 bits per heavy atom. The van der Waals surface area contributed by atoms with Gasteiger partial charge in [-0.25, -0.2) is 0 Å². The zero-order valence-corrected chi connectivity index (χ0v) is 21.4. The van der Waals surface area contributed by atoms with Gasteiger partial charge in [-0.15, -0.1) is 10.2 Å². The average molecular weight is 533 g/mol. The Balaban J connectivity index is 1.30. The van der Waals surface area contributed by atoms with Crippen LogP contribution < -0.4 is 14.8 Å². The van der Waals surface area contributed by atoms with Crippen LogP contribution in [-0.4, -0.2) is 49.8 Å². The molecule has 0 bridgehead atoms. The van der Waals surface area contributed by atoms with Crippen molar-refractivity contribution in [2.45, 2.75) is 57.8 Å². The van der Waals surface area contributed by atoms with Crippen LogP contribution in [0.2, 0.25) is 0 Å². The molecule has 2 aliphatic rings. The van der Waals surface area contributed by atoms with E-state index < -0.39 is 11.9 Å². The number of amides is 2. The van der Waals surface area contributed by atoms with Gasteiger partial charge in [0.05, 0.1) is 6.26 Å². The van der Waals surface area contributed by atoms with Gasteiger partial charge >= 0.3 is 0 Å². The Kier molecular flexibility index (Phi) is 6.74. The first-order chi connectivity index (χ1) is 19.0. The van der Waals surface area contributed by atoms with Crippen LogP contribution in [0.3, 0.4) is 0 Å². The molecule has 6 rings (SSSR count). The van der Waals surface area contributed by atoms with E-state index in [0.29, 0.717) is 28.8 Å². The number of carbonyl (C=O) groups excluding carboxylic acids is 2. The average Bonchev–Trinajstić information content (AvgIpc) is 3.75. The normalized spacial score (nSPS) is 15.4. The van der Waals surface area contributed by atoms with E-state index in [9.17, 15) is 9.59 Å². The highest BCUT2D eigenvalue weighted by Crippen LogP contribution is 2.34. The molecule has 0 spiro atoms. The Morgan fingerprint density at radius 3 is 2.74 bits per heavy atom. The van der Waals surface area contributed by atoms with Crippen molar-refractivity contribution in [3.63, 3.8) is 0 Å².